The van der Waals surface area contributed by atoms with Crippen LogP contribution in [0, 0.1) is 5.92 Å². The second-order valence-corrected chi connectivity index (χ2v) is 7.05. The quantitative estimate of drug-likeness (QED) is 0.738. The van der Waals surface area contributed by atoms with Gasteiger partial charge >= 0.3 is 0 Å². The van der Waals surface area contributed by atoms with Gasteiger partial charge in [0.2, 0.25) is 0 Å². The lowest BCUT2D eigenvalue weighted by Crippen LogP contribution is -2.21. The van der Waals surface area contributed by atoms with Crippen LogP contribution in [0.2, 0.25) is 0 Å². The fraction of sp³-hybridized carbons (Fsp3) is 0.571. The minimum Gasteiger partial charge on any atom is -0.316 e. The van der Waals surface area contributed by atoms with Crippen LogP contribution in [0.4, 0.5) is 0 Å². The van der Waals surface area contributed by atoms with Crippen molar-refractivity contribution in [2.24, 2.45) is 5.92 Å². The molecule has 4 heteroatoms. The van der Waals surface area contributed by atoms with Gasteiger partial charge in [-0.1, -0.05) is 32.0 Å². The summed E-state index contributed by atoms with van der Waals surface area (Å²) in [4.78, 5) is 0.431. The molecule has 1 aromatic rings. The number of benzene rings is 1. The summed E-state index contributed by atoms with van der Waals surface area (Å²) in [6, 6.07) is 8.67. The van der Waals surface area contributed by atoms with Crippen LogP contribution in [0.5, 0.6) is 0 Å². The molecule has 18 heavy (non-hydrogen) atoms. The summed E-state index contributed by atoms with van der Waals surface area (Å²) in [5.74, 6) is 0.874. The van der Waals surface area contributed by atoms with E-state index in [1.165, 1.54) is 0 Å². The van der Waals surface area contributed by atoms with Crippen LogP contribution in [-0.4, -0.2) is 27.3 Å². The molecule has 0 heterocycles. The summed E-state index contributed by atoms with van der Waals surface area (Å²) in [5.41, 5.74) is 0. The molecule has 0 fully saturated rings. The van der Waals surface area contributed by atoms with Gasteiger partial charge in [0.15, 0.2) is 9.84 Å². The maximum Gasteiger partial charge on any atom is 0.178 e. The van der Waals surface area contributed by atoms with Gasteiger partial charge in [0.25, 0.3) is 0 Å². The Morgan fingerprint density at radius 2 is 1.78 bits per heavy atom. The van der Waals surface area contributed by atoms with Crippen LogP contribution >= 0.6 is 0 Å². The van der Waals surface area contributed by atoms with Crippen molar-refractivity contribution in [1.29, 1.82) is 0 Å². The Bertz CT molecular complexity index is 426. The molecule has 0 aromatic heterocycles. The fourth-order valence-corrected chi connectivity index (χ4v) is 3.07. The molecular formula is C14H23NO2S. The molecule has 0 saturated heterocycles. The van der Waals surface area contributed by atoms with E-state index in [9.17, 15) is 8.42 Å². The number of hydrogen-bond donors (Lipinski definition) is 1. The van der Waals surface area contributed by atoms with Crippen LogP contribution in [0.25, 0.3) is 0 Å². The Morgan fingerprint density at radius 1 is 1.11 bits per heavy atom. The smallest absolute Gasteiger partial charge is 0.178 e. The predicted molar refractivity (Wildman–Crippen MR) is 75.4 cm³/mol. The third-order valence-electron chi connectivity index (χ3n) is 2.67. The SMILES string of the molecule is CC(C)CNCCCCS(=O)(=O)c1ccccc1. The Balaban J connectivity index is 2.27. The van der Waals surface area contributed by atoms with Gasteiger partial charge in [0.05, 0.1) is 10.6 Å². The van der Waals surface area contributed by atoms with Gasteiger partial charge in [-0.25, -0.2) is 8.42 Å². The molecule has 1 aromatic carbocycles. The molecule has 0 aliphatic heterocycles. The van der Waals surface area contributed by atoms with Crippen molar-refractivity contribution in [3.05, 3.63) is 30.3 Å². The zero-order chi connectivity index (χ0) is 13.4. The summed E-state index contributed by atoms with van der Waals surface area (Å²) in [5, 5.41) is 3.32. The van der Waals surface area contributed by atoms with Crippen molar-refractivity contribution in [1.82, 2.24) is 5.32 Å². The molecule has 3 nitrogen and oxygen atoms in total. The van der Waals surface area contributed by atoms with E-state index in [1.807, 2.05) is 6.07 Å². The van der Waals surface area contributed by atoms with Gasteiger partial charge in [-0.15, -0.1) is 0 Å². The Morgan fingerprint density at radius 3 is 2.39 bits per heavy atom. The van der Waals surface area contributed by atoms with Gasteiger partial charge in [0, 0.05) is 0 Å². The number of hydrogen-bond acceptors (Lipinski definition) is 3. The van der Waals surface area contributed by atoms with E-state index < -0.39 is 9.84 Å². The first-order valence-corrected chi connectivity index (χ1v) is 8.16. The molecule has 0 unspecified atom stereocenters. The lowest BCUT2D eigenvalue weighted by atomic mass is 10.2. The van der Waals surface area contributed by atoms with Crippen LogP contribution in [0.15, 0.2) is 35.2 Å². The number of nitrogens with one attached hydrogen (secondary N) is 1. The average Bonchev–Trinajstić information content (AvgIpc) is 2.34. The predicted octanol–water partition coefficient (Wildman–Crippen LogP) is 2.49. The Labute approximate surface area is 111 Å². The monoisotopic (exact) mass is 269 g/mol. The molecule has 1 N–H and O–H groups in total. The van der Waals surface area contributed by atoms with E-state index in [-0.39, 0.29) is 5.75 Å². The summed E-state index contributed by atoms with van der Waals surface area (Å²) in [6.07, 6.45) is 1.61. The van der Waals surface area contributed by atoms with Crippen LogP contribution in [-0.2, 0) is 9.84 Å². The first kappa shape index (κ1) is 15.2. The largest absolute Gasteiger partial charge is 0.316 e. The van der Waals surface area contributed by atoms with Gasteiger partial charge in [0.1, 0.15) is 0 Å². The minimum absolute atomic E-state index is 0.236. The maximum atomic E-state index is 12.0. The highest BCUT2D eigenvalue weighted by molar-refractivity contribution is 7.91. The van der Waals surface area contributed by atoms with E-state index in [2.05, 4.69) is 19.2 Å². The zero-order valence-electron chi connectivity index (χ0n) is 11.2. The highest BCUT2D eigenvalue weighted by atomic mass is 32.2. The van der Waals surface area contributed by atoms with Gasteiger partial charge in [-0.05, 0) is 44.0 Å². The fourth-order valence-electron chi connectivity index (χ4n) is 1.68. The van der Waals surface area contributed by atoms with E-state index in [0.717, 1.165) is 19.5 Å². The van der Waals surface area contributed by atoms with E-state index in [0.29, 0.717) is 17.2 Å². The second-order valence-electron chi connectivity index (χ2n) is 4.94. The molecule has 0 radical (unpaired) electrons. The lowest BCUT2D eigenvalue weighted by Gasteiger charge is -2.07. The van der Waals surface area contributed by atoms with Crippen molar-refractivity contribution in [3.8, 4) is 0 Å². The van der Waals surface area contributed by atoms with Gasteiger partial charge in [-0.3, -0.25) is 0 Å². The normalized spacial score (nSPS) is 11.9. The van der Waals surface area contributed by atoms with Crippen LogP contribution < -0.4 is 5.32 Å². The Kier molecular flexibility index (Phi) is 6.36. The summed E-state index contributed by atoms with van der Waals surface area (Å²) >= 11 is 0. The standard InChI is InChI=1S/C14H23NO2S/c1-13(2)12-15-10-6-7-11-18(16,17)14-8-4-3-5-9-14/h3-5,8-9,13,15H,6-7,10-12H2,1-2H3. The maximum absolute atomic E-state index is 12.0. The highest BCUT2D eigenvalue weighted by Crippen LogP contribution is 2.11. The molecule has 0 aliphatic rings. The summed E-state index contributed by atoms with van der Waals surface area (Å²) in [7, 11) is -3.09. The third kappa shape index (κ3) is 5.65. The average molecular weight is 269 g/mol. The number of rotatable bonds is 8. The van der Waals surface area contributed by atoms with Crippen molar-refractivity contribution in [2.45, 2.75) is 31.6 Å². The topological polar surface area (TPSA) is 46.2 Å². The van der Waals surface area contributed by atoms with Crippen molar-refractivity contribution >= 4 is 9.84 Å². The Hall–Kier alpha value is -0.870. The third-order valence-corrected chi connectivity index (χ3v) is 4.49. The van der Waals surface area contributed by atoms with Gasteiger partial charge < -0.3 is 5.32 Å². The van der Waals surface area contributed by atoms with Crippen molar-refractivity contribution in [3.63, 3.8) is 0 Å². The van der Waals surface area contributed by atoms with E-state index >= 15 is 0 Å². The highest BCUT2D eigenvalue weighted by Gasteiger charge is 2.12. The second kappa shape index (κ2) is 7.54. The van der Waals surface area contributed by atoms with Crippen molar-refractivity contribution < 1.29 is 8.42 Å². The molecule has 1 rings (SSSR count). The molecule has 0 atom stereocenters. The molecule has 0 bridgehead atoms. The molecule has 0 amide bonds. The molecule has 102 valence electrons. The minimum atomic E-state index is -3.09. The summed E-state index contributed by atoms with van der Waals surface area (Å²) < 4.78 is 23.9. The molecule has 0 aliphatic carbocycles. The molecular weight excluding hydrogens is 246 g/mol. The molecule has 0 spiro atoms. The van der Waals surface area contributed by atoms with Gasteiger partial charge in [-0.2, -0.15) is 0 Å². The van der Waals surface area contributed by atoms with Crippen molar-refractivity contribution in [2.75, 3.05) is 18.8 Å². The summed E-state index contributed by atoms with van der Waals surface area (Å²) in [6.45, 7) is 6.20. The number of unbranched alkanes of at least 4 members (excludes halogenated alkanes) is 1. The lowest BCUT2D eigenvalue weighted by molar-refractivity contribution is 0.538. The zero-order valence-corrected chi connectivity index (χ0v) is 12.0. The van der Waals surface area contributed by atoms with Crippen LogP contribution in [0.3, 0.4) is 0 Å². The van der Waals surface area contributed by atoms with E-state index in [1.54, 1.807) is 24.3 Å². The van der Waals surface area contributed by atoms with Crippen LogP contribution in [0.1, 0.15) is 26.7 Å². The first-order chi connectivity index (χ1) is 8.52. The number of sulfone groups is 1. The molecule has 0 saturated carbocycles. The first-order valence-electron chi connectivity index (χ1n) is 6.51. The van der Waals surface area contributed by atoms with E-state index in [4.69, 9.17) is 0 Å².